The van der Waals surface area contributed by atoms with Gasteiger partial charge >= 0.3 is 6.18 Å². The average Bonchev–Trinajstić information content (AvgIpc) is 3.15. The summed E-state index contributed by atoms with van der Waals surface area (Å²) in [5.41, 5.74) is 0.773. The highest BCUT2D eigenvalue weighted by Crippen LogP contribution is 2.34. The number of aromatic nitrogens is 3. The van der Waals surface area contributed by atoms with Crippen LogP contribution < -0.4 is 15.4 Å². The Morgan fingerprint density at radius 3 is 2.74 bits per heavy atom. The summed E-state index contributed by atoms with van der Waals surface area (Å²) in [5.74, 6) is -0.0486. The van der Waals surface area contributed by atoms with Gasteiger partial charge in [-0.1, -0.05) is 40.8 Å². The number of nitrogens with one attached hydrogen (secondary N) is 2. The summed E-state index contributed by atoms with van der Waals surface area (Å²) in [6.45, 7) is 1.95. The average molecular weight is 490 g/mol. The molecule has 7 nitrogen and oxygen atoms in total. The number of methoxy groups -OCH3 is 1. The lowest BCUT2D eigenvalue weighted by Gasteiger charge is -2.09. The lowest BCUT2D eigenvalue weighted by atomic mass is 10.2. The summed E-state index contributed by atoms with van der Waals surface area (Å²) in [4.78, 5) is 15.7. The number of hydrogen-bond donors (Lipinski definition) is 2. The van der Waals surface area contributed by atoms with Crippen molar-refractivity contribution in [1.82, 2.24) is 15.2 Å². The van der Waals surface area contributed by atoms with E-state index in [1.165, 1.54) is 11.3 Å². The number of pyridine rings is 1. The van der Waals surface area contributed by atoms with E-state index in [0.717, 1.165) is 23.0 Å². The van der Waals surface area contributed by atoms with E-state index in [1.54, 1.807) is 7.11 Å². The monoisotopic (exact) mass is 489 g/mol. The van der Waals surface area contributed by atoms with Crippen LogP contribution in [0, 0.1) is 6.92 Å². The highest BCUT2D eigenvalue weighted by molar-refractivity contribution is 8.01. The van der Waals surface area contributed by atoms with Gasteiger partial charge in [-0.25, -0.2) is 4.98 Å². The molecule has 3 aromatic rings. The van der Waals surface area contributed by atoms with E-state index in [9.17, 15) is 18.0 Å². The van der Waals surface area contributed by atoms with Crippen molar-refractivity contribution in [1.29, 1.82) is 0 Å². The van der Waals surface area contributed by atoms with Crippen LogP contribution in [-0.2, 0) is 11.0 Å². The fourth-order valence-corrected chi connectivity index (χ4v) is 4.11. The first kappa shape index (κ1) is 23.1. The second kappa shape index (κ2) is 9.71. The van der Waals surface area contributed by atoms with Crippen LogP contribution in [0.4, 0.5) is 29.8 Å². The first-order chi connectivity index (χ1) is 14.7. The summed E-state index contributed by atoms with van der Waals surface area (Å²) in [7, 11) is 1.56. The molecule has 0 aliphatic carbocycles. The molecule has 0 saturated carbocycles. The summed E-state index contributed by atoms with van der Waals surface area (Å²) < 4.78 is 43.8. The van der Waals surface area contributed by atoms with Crippen molar-refractivity contribution in [2.75, 3.05) is 23.5 Å². The Bertz CT molecular complexity index is 1090. The van der Waals surface area contributed by atoms with Crippen molar-refractivity contribution in [2.24, 2.45) is 0 Å². The fraction of sp³-hybridized carbons (Fsp3) is 0.222. The van der Waals surface area contributed by atoms with Crippen molar-refractivity contribution < 1.29 is 22.7 Å². The number of benzene rings is 1. The van der Waals surface area contributed by atoms with Crippen LogP contribution in [0.1, 0.15) is 11.1 Å². The molecule has 13 heteroatoms. The van der Waals surface area contributed by atoms with Gasteiger partial charge in [0, 0.05) is 6.20 Å². The van der Waals surface area contributed by atoms with E-state index in [2.05, 4.69) is 25.8 Å². The molecule has 2 aromatic heterocycles. The topological polar surface area (TPSA) is 89.0 Å². The maximum atomic E-state index is 12.7. The molecule has 0 unspecified atom stereocenters. The van der Waals surface area contributed by atoms with Crippen LogP contribution in [0.15, 0.2) is 34.8 Å². The van der Waals surface area contributed by atoms with Gasteiger partial charge in [0.1, 0.15) is 5.75 Å². The number of aryl methyl sites for hydroxylation is 1. The minimum absolute atomic E-state index is 0.0541. The molecule has 0 fully saturated rings. The number of rotatable bonds is 7. The zero-order valence-electron chi connectivity index (χ0n) is 16.1. The molecule has 0 bridgehead atoms. The van der Waals surface area contributed by atoms with Gasteiger partial charge < -0.3 is 15.4 Å². The highest BCUT2D eigenvalue weighted by Gasteiger charge is 2.31. The second-order valence-electron chi connectivity index (χ2n) is 6.09. The standard InChI is InChI=1S/C18H15ClF3N5O2S2/c1-9-3-4-13(29-2)12(5-9)24-16-26-27-17(31-16)30-8-14(28)25-15-11(19)6-10(7-23-15)18(20,21)22/h3-7H,8H2,1-2H3,(H,24,26)(H,23,25,28). The normalized spacial score (nSPS) is 11.3. The molecule has 3 rings (SSSR count). The summed E-state index contributed by atoms with van der Waals surface area (Å²) in [6.07, 6.45) is -3.96. The van der Waals surface area contributed by atoms with Crippen LogP contribution in [0.5, 0.6) is 5.75 Å². The summed E-state index contributed by atoms with van der Waals surface area (Å²) in [5, 5.41) is 13.8. The molecule has 1 amide bonds. The van der Waals surface area contributed by atoms with E-state index >= 15 is 0 Å². The van der Waals surface area contributed by atoms with Crippen LogP contribution in [0.3, 0.4) is 0 Å². The first-order valence-electron chi connectivity index (χ1n) is 8.56. The Labute approximate surface area is 188 Å². The third-order valence-corrected chi connectivity index (χ3v) is 6.02. The molecular formula is C18H15ClF3N5O2S2. The zero-order valence-corrected chi connectivity index (χ0v) is 18.5. The Balaban J connectivity index is 1.57. The van der Waals surface area contributed by atoms with Crippen molar-refractivity contribution in [2.45, 2.75) is 17.4 Å². The number of alkyl halides is 3. The Morgan fingerprint density at radius 2 is 2.06 bits per heavy atom. The van der Waals surface area contributed by atoms with Crippen LogP contribution in [0.2, 0.25) is 5.02 Å². The van der Waals surface area contributed by atoms with Crippen molar-refractivity contribution in [3.05, 3.63) is 46.6 Å². The van der Waals surface area contributed by atoms with E-state index in [0.29, 0.717) is 27.5 Å². The van der Waals surface area contributed by atoms with E-state index < -0.39 is 17.6 Å². The van der Waals surface area contributed by atoms with Gasteiger partial charge in [-0.05, 0) is 30.7 Å². The minimum Gasteiger partial charge on any atom is -0.495 e. The molecule has 0 spiro atoms. The van der Waals surface area contributed by atoms with Crippen molar-refractivity contribution >= 4 is 57.2 Å². The third-order valence-electron chi connectivity index (χ3n) is 3.76. The molecule has 0 aliphatic rings. The minimum atomic E-state index is -4.57. The Hall–Kier alpha value is -2.57. The number of anilines is 3. The molecule has 164 valence electrons. The quantitative estimate of drug-likeness (QED) is 0.430. The van der Waals surface area contributed by atoms with Gasteiger partial charge in [-0.2, -0.15) is 13.2 Å². The maximum Gasteiger partial charge on any atom is 0.417 e. The molecule has 0 atom stereocenters. The number of amides is 1. The third kappa shape index (κ3) is 6.21. The number of carbonyl (C=O) groups excluding carboxylic acids is 1. The van der Waals surface area contributed by atoms with Crippen molar-refractivity contribution in [3.63, 3.8) is 0 Å². The van der Waals surface area contributed by atoms with E-state index in [4.69, 9.17) is 16.3 Å². The van der Waals surface area contributed by atoms with Gasteiger partial charge in [-0.3, -0.25) is 4.79 Å². The number of carbonyl (C=O) groups is 1. The highest BCUT2D eigenvalue weighted by atomic mass is 35.5. The smallest absolute Gasteiger partial charge is 0.417 e. The Kier molecular flexibility index (Phi) is 7.23. The number of halogens is 4. The lowest BCUT2D eigenvalue weighted by molar-refractivity contribution is -0.137. The van der Waals surface area contributed by atoms with Gasteiger partial charge in [0.05, 0.1) is 29.1 Å². The molecule has 0 aliphatic heterocycles. The maximum absolute atomic E-state index is 12.7. The van der Waals surface area contributed by atoms with Crippen LogP contribution in [-0.4, -0.2) is 34.0 Å². The van der Waals surface area contributed by atoms with Gasteiger partial charge in [-0.15, -0.1) is 10.2 Å². The molecular weight excluding hydrogens is 475 g/mol. The van der Waals surface area contributed by atoms with Crippen LogP contribution in [0.25, 0.3) is 0 Å². The molecule has 31 heavy (non-hydrogen) atoms. The number of nitrogens with zero attached hydrogens (tertiary/aromatic N) is 3. The van der Waals surface area contributed by atoms with Gasteiger partial charge in [0.25, 0.3) is 0 Å². The van der Waals surface area contributed by atoms with Gasteiger partial charge in [0.2, 0.25) is 11.0 Å². The molecule has 1 aromatic carbocycles. The number of thioether (sulfide) groups is 1. The molecule has 2 heterocycles. The SMILES string of the molecule is COc1ccc(C)cc1Nc1nnc(SCC(=O)Nc2ncc(C(F)(F)F)cc2Cl)s1. The molecule has 0 radical (unpaired) electrons. The predicted molar refractivity (Wildman–Crippen MR) is 115 cm³/mol. The molecule has 0 saturated heterocycles. The number of hydrogen-bond acceptors (Lipinski definition) is 8. The Morgan fingerprint density at radius 1 is 1.29 bits per heavy atom. The summed E-state index contributed by atoms with van der Waals surface area (Å²) >= 11 is 8.14. The fourth-order valence-electron chi connectivity index (χ4n) is 2.33. The van der Waals surface area contributed by atoms with Gasteiger partial charge in [0.15, 0.2) is 10.2 Å². The second-order valence-corrected chi connectivity index (χ2v) is 8.70. The number of ether oxygens (including phenoxy) is 1. The van der Waals surface area contributed by atoms with E-state index in [-0.39, 0.29) is 16.6 Å². The lowest BCUT2D eigenvalue weighted by Crippen LogP contribution is -2.16. The predicted octanol–water partition coefficient (Wildman–Crippen LogP) is 5.40. The zero-order chi connectivity index (χ0) is 22.6. The summed E-state index contributed by atoms with van der Waals surface area (Å²) in [6, 6.07) is 6.36. The largest absolute Gasteiger partial charge is 0.495 e. The first-order valence-corrected chi connectivity index (χ1v) is 10.7. The molecule has 2 N–H and O–H groups in total. The van der Waals surface area contributed by atoms with Crippen molar-refractivity contribution in [3.8, 4) is 5.75 Å². The van der Waals surface area contributed by atoms with E-state index in [1.807, 2.05) is 25.1 Å². The van der Waals surface area contributed by atoms with Crippen LogP contribution >= 0.6 is 34.7 Å².